The van der Waals surface area contributed by atoms with Gasteiger partial charge in [0, 0.05) is 17.1 Å². The molecule has 0 spiro atoms. The van der Waals surface area contributed by atoms with Crippen molar-refractivity contribution in [2.45, 2.75) is 0 Å². The van der Waals surface area contributed by atoms with Crippen LogP contribution in [0.2, 0.25) is 0 Å². The third kappa shape index (κ3) is 2.59. The molecule has 0 atom stereocenters. The molecule has 1 aromatic heterocycles. The smallest absolute Gasteiger partial charge is 0.275 e. The summed E-state index contributed by atoms with van der Waals surface area (Å²) in [6.45, 7) is 0. The third-order valence-electron chi connectivity index (χ3n) is 2.07. The molecule has 1 amide bonds. The Kier molecular flexibility index (Phi) is 3.34. The van der Waals surface area contributed by atoms with Gasteiger partial charge in [-0.25, -0.2) is 9.37 Å². The van der Waals surface area contributed by atoms with Gasteiger partial charge in [0.05, 0.1) is 12.6 Å². The average Bonchev–Trinajstić information content (AvgIpc) is 2.85. The number of nitrogens with zero attached hydrogens (tertiary/aromatic N) is 1. The minimum Gasteiger partial charge on any atom is -0.494 e. The fourth-order valence-corrected chi connectivity index (χ4v) is 1.79. The quantitative estimate of drug-likeness (QED) is 0.913. The predicted octanol–water partition coefficient (Wildman–Crippen LogP) is 2.54. The first-order chi connectivity index (χ1) is 8.20. The molecule has 0 saturated carbocycles. The highest BCUT2D eigenvalue weighted by Gasteiger charge is 2.09. The minimum atomic E-state index is -0.473. The zero-order valence-corrected chi connectivity index (χ0v) is 9.75. The van der Waals surface area contributed by atoms with E-state index in [1.807, 2.05) is 0 Å². The number of amides is 1. The number of thiazole rings is 1. The molecule has 0 aliphatic heterocycles. The normalized spacial score (nSPS) is 10.0. The number of aromatic nitrogens is 1. The van der Waals surface area contributed by atoms with Gasteiger partial charge >= 0.3 is 0 Å². The van der Waals surface area contributed by atoms with E-state index < -0.39 is 5.82 Å². The van der Waals surface area contributed by atoms with Gasteiger partial charge in [0.15, 0.2) is 11.6 Å². The summed E-state index contributed by atoms with van der Waals surface area (Å²) >= 11 is 1.33. The van der Waals surface area contributed by atoms with Crippen molar-refractivity contribution < 1.29 is 13.9 Å². The molecule has 4 nitrogen and oxygen atoms in total. The van der Waals surface area contributed by atoms with E-state index in [1.165, 1.54) is 36.6 Å². The molecule has 0 fully saturated rings. The third-order valence-corrected chi connectivity index (χ3v) is 2.66. The molecular weight excluding hydrogens is 243 g/mol. The minimum absolute atomic E-state index is 0.0843. The standard InChI is InChI=1S/C11H9FN2O2S/c1-16-10-4-7(2-3-8(10)12)14-11(15)9-5-17-6-13-9/h2-6H,1H3,(H,14,15). The van der Waals surface area contributed by atoms with Gasteiger partial charge in [-0.2, -0.15) is 0 Å². The summed E-state index contributed by atoms with van der Waals surface area (Å²) in [6.07, 6.45) is 0. The number of rotatable bonds is 3. The predicted molar refractivity (Wildman–Crippen MR) is 63.0 cm³/mol. The van der Waals surface area contributed by atoms with Gasteiger partial charge < -0.3 is 10.1 Å². The lowest BCUT2D eigenvalue weighted by atomic mass is 10.3. The number of anilines is 1. The van der Waals surface area contributed by atoms with Crippen molar-refractivity contribution in [1.82, 2.24) is 4.98 Å². The lowest BCUT2D eigenvalue weighted by Crippen LogP contribution is -2.12. The van der Waals surface area contributed by atoms with E-state index >= 15 is 0 Å². The highest BCUT2D eigenvalue weighted by molar-refractivity contribution is 7.07. The van der Waals surface area contributed by atoms with Crippen LogP contribution in [0.1, 0.15) is 10.5 Å². The van der Waals surface area contributed by atoms with Crippen LogP contribution in [-0.4, -0.2) is 18.0 Å². The average molecular weight is 252 g/mol. The van der Waals surface area contributed by atoms with E-state index in [-0.39, 0.29) is 11.7 Å². The summed E-state index contributed by atoms with van der Waals surface area (Å²) in [6, 6.07) is 4.11. The molecule has 0 bridgehead atoms. The van der Waals surface area contributed by atoms with Crippen molar-refractivity contribution in [1.29, 1.82) is 0 Å². The number of nitrogens with one attached hydrogen (secondary N) is 1. The Balaban J connectivity index is 2.16. The Morgan fingerprint density at radius 3 is 3.00 bits per heavy atom. The summed E-state index contributed by atoms with van der Waals surface area (Å²) in [5, 5.41) is 4.24. The molecule has 1 heterocycles. The maximum Gasteiger partial charge on any atom is 0.275 e. The SMILES string of the molecule is COc1cc(NC(=O)c2cscn2)ccc1F. The number of methoxy groups -OCH3 is 1. The van der Waals surface area contributed by atoms with Crippen LogP contribution in [-0.2, 0) is 0 Å². The Morgan fingerprint density at radius 1 is 1.53 bits per heavy atom. The first kappa shape index (κ1) is 11.5. The fraction of sp³-hybridized carbons (Fsp3) is 0.0909. The molecule has 88 valence electrons. The lowest BCUT2D eigenvalue weighted by Gasteiger charge is -2.06. The highest BCUT2D eigenvalue weighted by atomic mass is 32.1. The first-order valence-corrected chi connectivity index (χ1v) is 5.68. The Hall–Kier alpha value is -1.95. The Labute approximate surface area is 101 Å². The van der Waals surface area contributed by atoms with E-state index in [0.717, 1.165) is 0 Å². The molecule has 0 radical (unpaired) electrons. The molecule has 2 rings (SSSR count). The zero-order chi connectivity index (χ0) is 12.3. The van der Waals surface area contributed by atoms with E-state index in [1.54, 1.807) is 10.9 Å². The molecule has 6 heteroatoms. The topological polar surface area (TPSA) is 51.2 Å². The van der Waals surface area contributed by atoms with Gasteiger partial charge in [0.25, 0.3) is 5.91 Å². The molecule has 0 aliphatic rings. The van der Waals surface area contributed by atoms with Crippen LogP contribution in [0.25, 0.3) is 0 Å². The van der Waals surface area contributed by atoms with E-state index in [2.05, 4.69) is 10.3 Å². The van der Waals surface area contributed by atoms with E-state index in [0.29, 0.717) is 11.4 Å². The summed E-state index contributed by atoms with van der Waals surface area (Å²) in [5.74, 6) is -0.722. The maximum absolute atomic E-state index is 13.1. The zero-order valence-electron chi connectivity index (χ0n) is 8.94. The number of carbonyl (C=O) groups excluding carboxylic acids is 1. The number of halogens is 1. The molecule has 0 saturated heterocycles. The number of benzene rings is 1. The Bertz CT molecular complexity index is 528. The van der Waals surface area contributed by atoms with Crippen molar-refractivity contribution in [3.8, 4) is 5.75 Å². The number of carbonyl (C=O) groups is 1. The van der Waals surface area contributed by atoms with E-state index in [9.17, 15) is 9.18 Å². The van der Waals surface area contributed by atoms with Crippen LogP contribution in [0.5, 0.6) is 5.75 Å². The van der Waals surface area contributed by atoms with Crippen LogP contribution < -0.4 is 10.1 Å². The lowest BCUT2D eigenvalue weighted by molar-refractivity contribution is 0.102. The van der Waals surface area contributed by atoms with E-state index in [4.69, 9.17) is 4.74 Å². The van der Waals surface area contributed by atoms with Crippen molar-refractivity contribution in [2.24, 2.45) is 0 Å². The summed E-state index contributed by atoms with van der Waals surface area (Å²) in [5.41, 5.74) is 2.36. The monoisotopic (exact) mass is 252 g/mol. The first-order valence-electron chi connectivity index (χ1n) is 4.74. The molecule has 0 aliphatic carbocycles. The van der Waals surface area contributed by atoms with Crippen molar-refractivity contribution >= 4 is 22.9 Å². The van der Waals surface area contributed by atoms with Gasteiger partial charge in [0.1, 0.15) is 5.69 Å². The van der Waals surface area contributed by atoms with Gasteiger partial charge in [-0.05, 0) is 12.1 Å². The molecular formula is C11H9FN2O2S. The second-order valence-corrected chi connectivity index (χ2v) is 3.90. The highest BCUT2D eigenvalue weighted by Crippen LogP contribution is 2.21. The summed E-state index contributed by atoms with van der Waals surface area (Å²) in [4.78, 5) is 15.5. The van der Waals surface area contributed by atoms with Crippen molar-refractivity contribution in [3.05, 3.63) is 40.6 Å². The van der Waals surface area contributed by atoms with Gasteiger partial charge in [0.2, 0.25) is 0 Å². The van der Waals surface area contributed by atoms with Crippen LogP contribution >= 0.6 is 11.3 Å². The largest absolute Gasteiger partial charge is 0.494 e. The van der Waals surface area contributed by atoms with Gasteiger partial charge in [-0.1, -0.05) is 0 Å². The molecule has 17 heavy (non-hydrogen) atoms. The van der Waals surface area contributed by atoms with Crippen molar-refractivity contribution in [2.75, 3.05) is 12.4 Å². The van der Waals surface area contributed by atoms with Gasteiger partial charge in [-0.15, -0.1) is 11.3 Å². The maximum atomic E-state index is 13.1. The molecule has 1 aromatic carbocycles. The number of ether oxygens (including phenoxy) is 1. The summed E-state index contributed by atoms with van der Waals surface area (Å²) < 4.78 is 18.0. The number of hydrogen-bond donors (Lipinski definition) is 1. The second-order valence-electron chi connectivity index (χ2n) is 3.18. The fourth-order valence-electron chi connectivity index (χ4n) is 1.26. The summed E-state index contributed by atoms with van der Waals surface area (Å²) in [7, 11) is 1.37. The van der Waals surface area contributed by atoms with Crippen LogP contribution in [0.3, 0.4) is 0 Å². The molecule has 2 aromatic rings. The molecule has 0 unspecified atom stereocenters. The van der Waals surface area contributed by atoms with Crippen LogP contribution in [0.15, 0.2) is 29.1 Å². The van der Waals surface area contributed by atoms with Gasteiger partial charge in [-0.3, -0.25) is 4.79 Å². The second kappa shape index (κ2) is 4.92. The number of hydrogen-bond acceptors (Lipinski definition) is 4. The van der Waals surface area contributed by atoms with Crippen LogP contribution in [0.4, 0.5) is 10.1 Å². The Morgan fingerprint density at radius 2 is 2.35 bits per heavy atom. The molecule has 1 N–H and O–H groups in total. The van der Waals surface area contributed by atoms with Crippen LogP contribution in [0, 0.1) is 5.82 Å². The van der Waals surface area contributed by atoms with Crippen molar-refractivity contribution in [3.63, 3.8) is 0 Å².